The lowest BCUT2D eigenvalue weighted by molar-refractivity contribution is -0.114. The Bertz CT molecular complexity index is 904. The molecule has 0 aliphatic carbocycles. The molecule has 5 nitrogen and oxygen atoms in total. The first kappa shape index (κ1) is 16.4. The van der Waals surface area contributed by atoms with Gasteiger partial charge in [0.25, 0.3) is 0 Å². The minimum Gasteiger partial charge on any atom is -0.506 e. The summed E-state index contributed by atoms with van der Waals surface area (Å²) < 4.78 is 0. The number of nitrogens with one attached hydrogen (secondary N) is 1. The summed E-state index contributed by atoms with van der Waals surface area (Å²) >= 11 is 0. The normalized spacial score (nSPS) is 10.8. The molecule has 0 heterocycles. The van der Waals surface area contributed by atoms with Crippen LogP contribution in [-0.4, -0.2) is 11.0 Å². The minimum atomic E-state index is -0.128. The Kier molecular flexibility index (Phi) is 4.85. The molecule has 0 aliphatic heterocycles. The molecule has 3 rings (SSSR count). The fraction of sp³-hybridized carbons (Fsp3) is 0.0500. The molecule has 25 heavy (non-hydrogen) atoms. The molecule has 3 aromatic rings. The third-order valence-electron chi connectivity index (χ3n) is 3.54. The van der Waals surface area contributed by atoms with Crippen molar-refractivity contribution in [1.82, 2.24) is 0 Å². The SMILES string of the molecule is CC(=O)Nc1ccc(N=Nc2cc(-c3ccccc3)ccc2O)cc1. The van der Waals surface area contributed by atoms with E-state index in [0.29, 0.717) is 17.1 Å². The van der Waals surface area contributed by atoms with Gasteiger partial charge in [-0.05, 0) is 47.5 Å². The highest BCUT2D eigenvalue weighted by molar-refractivity contribution is 5.88. The minimum absolute atomic E-state index is 0.0679. The Balaban J connectivity index is 1.82. The van der Waals surface area contributed by atoms with Gasteiger partial charge in [0, 0.05) is 12.6 Å². The van der Waals surface area contributed by atoms with Crippen LogP contribution in [-0.2, 0) is 4.79 Å². The fourth-order valence-corrected chi connectivity index (χ4v) is 2.34. The van der Waals surface area contributed by atoms with Crippen molar-refractivity contribution >= 4 is 23.0 Å². The summed E-state index contributed by atoms with van der Waals surface area (Å²) in [5.74, 6) is -0.0599. The van der Waals surface area contributed by atoms with Gasteiger partial charge in [-0.1, -0.05) is 36.4 Å². The quantitative estimate of drug-likeness (QED) is 0.625. The van der Waals surface area contributed by atoms with Crippen LogP contribution in [0.3, 0.4) is 0 Å². The molecule has 0 spiro atoms. The Morgan fingerprint density at radius 1 is 0.880 bits per heavy atom. The summed E-state index contributed by atoms with van der Waals surface area (Å²) in [6.07, 6.45) is 0. The Labute approximate surface area is 145 Å². The van der Waals surface area contributed by atoms with Gasteiger partial charge in [-0.3, -0.25) is 4.79 Å². The van der Waals surface area contributed by atoms with Gasteiger partial charge < -0.3 is 10.4 Å². The molecule has 0 radical (unpaired) electrons. The average Bonchev–Trinajstić information content (AvgIpc) is 2.62. The van der Waals surface area contributed by atoms with Crippen molar-refractivity contribution in [2.75, 3.05) is 5.32 Å². The average molecular weight is 331 g/mol. The number of phenolic OH excluding ortho intramolecular Hbond substituents is 1. The molecule has 5 heteroatoms. The molecule has 2 N–H and O–H groups in total. The molecule has 0 fully saturated rings. The van der Waals surface area contributed by atoms with Crippen LogP contribution in [0, 0.1) is 0 Å². The molecule has 3 aromatic carbocycles. The maximum absolute atomic E-state index is 11.0. The van der Waals surface area contributed by atoms with Gasteiger partial charge in [-0.15, -0.1) is 5.11 Å². The van der Waals surface area contributed by atoms with Crippen LogP contribution in [0.2, 0.25) is 0 Å². The zero-order chi connectivity index (χ0) is 17.6. The summed E-state index contributed by atoms with van der Waals surface area (Å²) in [4.78, 5) is 11.0. The Hall–Kier alpha value is -3.47. The van der Waals surface area contributed by atoms with Crippen LogP contribution in [0.1, 0.15) is 6.92 Å². The lowest BCUT2D eigenvalue weighted by Gasteiger charge is -2.04. The molecule has 1 amide bonds. The van der Waals surface area contributed by atoms with Crippen LogP contribution >= 0.6 is 0 Å². The number of carbonyl (C=O) groups excluding carboxylic acids is 1. The highest BCUT2D eigenvalue weighted by atomic mass is 16.3. The fourth-order valence-electron chi connectivity index (χ4n) is 2.34. The topological polar surface area (TPSA) is 74.0 Å². The number of amides is 1. The summed E-state index contributed by atoms with van der Waals surface area (Å²) in [5.41, 5.74) is 3.71. The molecule has 0 aliphatic rings. The van der Waals surface area contributed by atoms with E-state index in [1.165, 1.54) is 6.92 Å². The molecular formula is C20H17N3O2. The molecular weight excluding hydrogens is 314 g/mol. The van der Waals surface area contributed by atoms with Crippen molar-refractivity contribution in [3.8, 4) is 16.9 Å². The van der Waals surface area contributed by atoms with Gasteiger partial charge in [0.1, 0.15) is 11.4 Å². The predicted molar refractivity (Wildman–Crippen MR) is 98.5 cm³/mol. The first-order chi connectivity index (χ1) is 12.1. The lowest BCUT2D eigenvalue weighted by atomic mass is 10.1. The molecule has 0 bridgehead atoms. The van der Waals surface area contributed by atoms with E-state index in [1.807, 2.05) is 36.4 Å². The number of anilines is 1. The van der Waals surface area contributed by atoms with Crippen molar-refractivity contribution in [2.45, 2.75) is 6.92 Å². The van der Waals surface area contributed by atoms with Crippen molar-refractivity contribution in [3.63, 3.8) is 0 Å². The monoisotopic (exact) mass is 331 g/mol. The molecule has 0 atom stereocenters. The predicted octanol–water partition coefficient (Wildman–Crippen LogP) is 5.43. The third kappa shape index (κ3) is 4.29. The second kappa shape index (κ2) is 7.40. The number of nitrogens with zero attached hydrogens (tertiary/aromatic N) is 2. The van der Waals surface area contributed by atoms with E-state index in [2.05, 4.69) is 15.5 Å². The number of hydrogen-bond donors (Lipinski definition) is 2. The van der Waals surface area contributed by atoms with E-state index in [9.17, 15) is 9.90 Å². The van der Waals surface area contributed by atoms with Crippen LogP contribution in [0.4, 0.5) is 17.1 Å². The standard InChI is InChI=1S/C20H17N3O2/c1-14(24)21-17-8-10-18(11-9-17)22-23-19-13-16(7-12-20(19)25)15-5-3-2-4-6-15/h2-13,25H,1H3,(H,21,24). The van der Waals surface area contributed by atoms with E-state index in [0.717, 1.165) is 11.1 Å². The van der Waals surface area contributed by atoms with Crippen LogP contribution in [0.25, 0.3) is 11.1 Å². The number of carbonyl (C=O) groups is 1. The van der Waals surface area contributed by atoms with E-state index < -0.39 is 0 Å². The molecule has 0 unspecified atom stereocenters. The maximum Gasteiger partial charge on any atom is 0.221 e. The van der Waals surface area contributed by atoms with E-state index >= 15 is 0 Å². The van der Waals surface area contributed by atoms with Crippen molar-refractivity contribution < 1.29 is 9.90 Å². The highest BCUT2D eigenvalue weighted by Gasteiger charge is 2.04. The van der Waals surface area contributed by atoms with Gasteiger partial charge in [0.15, 0.2) is 0 Å². The second-order valence-corrected chi connectivity index (χ2v) is 5.50. The van der Waals surface area contributed by atoms with Gasteiger partial charge in [0.05, 0.1) is 5.69 Å². The number of rotatable bonds is 4. The first-order valence-electron chi connectivity index (χ1n) is 7.80. The van der Waals surface area contributed by atoms with Crippen LogP contribution < -0.4 is 5.32 Å². The lowest BCUT2D eigenvalue weighted by Crippen LogP contribution is -2.04. The molecule has 0 aromatic heterocycles. The largest absolute Gasteiger partial charge is 0.506 e. The van der Waals surface area contributed by atoms with Crippen molar-refractivity contribution in [2.24, 2.45) is 10.2 Å². The maximum atomic E-state index is 11.0. The van der Waals surface area contributed by atoms with Crippen molar-refractivity contribution in [1.29, 1.82) is 0 Å². The van der Waals surface area contributed by atoms with E-state index in [4.69, 9.17) is 0 Å². The summed E-state index contributed by atoms with van der Waals surface area (Å²) in [6.45, 7) is 1.45. The van der Waals surface area contributed by atoms with Gasteiger partial charge in [-0.25, -0.2) is 0 Å². The molecule has 0 saturated carbocycles. The molecule has 124 valence electrons. The summed E-state index contributed by atoms with van der Waals surface area (Å²) in [7, 11) is 0. The number of azo groups is 1. The summed E-state index contributed by atoms with van der Waals surface area (Å²) in [6, 6.07) is 22.1. The third-order valence-corrected chi connectivity index (χ3v) is 3.54. The van der Waals surface area contributed by atoms with E-state index in [-0.39, 0.29) is 11.7 Å². The van der Waals surface area contributed by atoms with Gasteiger partial charge in [0.2, 0.25) is 5.91 Å². The van der Waals surface area contributed by atoms with Crippen LogP contribution in [0.5, 0.6) is 5.75 Å². The zero-order valence-electron chi connectivity index (χ0n) is 13.7. The van der Waals surface area contributed by atoms with Crippen molar-refractivity contribution in [3.05, 3.63) is 72.8 Å². The van der Waals surface area contributed by atoms with Gasteiger partial charge >= 0.3 is 0 Å². The van der Waals surface area contributed by atoms with Gasteiger partial charge in [-0.2, -0.15) is 5.11 Å². The first-order valence-corrected chi connectivity index (χ1v) is 7.80. The van der Waals surface area contributed by atoms with Crippen LogP contribution in [0.15, 0.2) is 83.0 Å². The number of benzene rings is 3. The number of aromatic hydroxyl groups is 1. The second-order valence-electron chi connectivity index (χ2n) is 5.50. The number of phenols is 1. The zero-order valence-corrected chi connectivity index (χ0v) is 13.7. The smallest absolute Gasteiger partial charge is 0.221 e. The van der Waals surface area contributed by atoms with E-state index in [1.54, 1.807) is 36.4 Å². The Morgan fingerprint density at radius 2 is 1.60 bits per heavy atom. The summed E-state index contributed by atoms with van der Waals surface area (Å²) in [5, 5.41) is 21.0. The Morgan fingerprint density at radius 3 is 2.28 bits per heavy atom. The highest BCUT2D eigenvalue weighted by Crippen LogP contribution is 2.33. The molecule has 0 saturated heterocycles. The number of hydrogen-bond acceptors (Lipinski definition) is 4.